The van der Waals surface area contributed by atoms with Crippen molar-refractivity contribution in [2.75, 3.05) is 0 Å². The fourth-order valence-corrected chi connectivity index (χ4v) is 4.64. The third-order valence-electron chi connectivity index (χ3n) is 6.52. The van der Waals surface area contributed by atoms with Gasteiger partial charge in [-0.15, -0.1) is 5.10 Å². The van der Waals surface area contributed by atoms with E-state index in [1.807, 2.05) is 18.4 Å². The minimum absolute atomic E-state index is 0.311. The van der Waals surface area contributed by atoms with Gasteiger partial charge in [0, 0.05) is 11.4 Å². The Kier molecular flexibility index (Phi) is 4.19. The predicted molar refractivity (Wildman–Crippen MR) is 122 cm³/mol. The van der Waals surface area contributed by atoms with E-state index in [-0.39, 0.29) is 17.6 Å². The summed E-state index contributed by atoms with van der Waals surface area (Å²) >= 11 is 0. The van der Waals surface area contributed by atoms with Crippen LogP contribution in [0.5, 0.6) is 0 Å². The smallest absolute Gasteiger partial charge is 0.262 e. The predicted octanol–water partition coefficient (Wildman–Crippen LogP) is 4.18. The zero-order valence-corrected chi connectivity index (χ0v) is 18.7. The lowest BCUT2D eigenvalue weighted by atomic mass is 10.1. The van der Waals surface area contributed by atoms with E-state index >= 15 is 0 Å². The van der Waals surface area contributed by atoms with Crippen LogP contribution in [0.25, 0.3) is 22.4 Å². The van der Waals surface area contributed by atoms with Gasteiger partial charge in [-0.1, -0.05) is 12.1 Å². The summed E-state index contributed by atoms with van der Waals surface area (Å²) in [5, 5.41) is 5.34. The van der Waals surface area contributed by atoms with Gasteiger partial charge in [-0.2, -0.15) is 0 Å². The molecule has 5 aromatic rings. The van der Waals surface area contributed by atoms with Crippen LogP contribution in [0.1, 0.15) is 50.8 Å². The van der Waals surface area contributed by atoms with Gasteiger partial charge in [-0.3, -0.25) is 19.1 Å². The number of fused-ring (bicyclic) bond motifs is 4. The van der Waals surface area contributed by atoms with Gasteiger partial charge in [0.15, 0.2) is 17.1 Å². The number of rotatable bonds is 3. The first-order chi connectivity index (χ1) is 16.4. The molecule has 3 aromatic heterocycles. The molecular weight excluding hydrogens is 435 g/mol. The van der Waals surface area contributed by atoms with Crippen molar-refractivity contribution in [3.8, 4) is 5.69 Å². The number of halogens is 1. The fourth-order valence-electron chi connectivity index (χ4n) is 4.64. The highest BCUT2D eigenvalue weighted by Gasteiger charge is 2.40. The molecule has 1 atom stereocenters. The molecule has 0 fully saturated rings. The number of carbonyl (C=O) groups is 2. The minimum atomic E-state index is -0.664. The lowest BCUT2D eigenvalue weighted by Crippen LogP contribution is -2.33. The topological polar surface area (TPSA) is 85.4 Å². The van der Waals surface area contributed by atoms with E-state index in [0.29, 0.717) is 28.2 Å². The molecule has 0 radical (unpaired) electrons. The molecule has 34 heavy (non-hydrogen) atoms. The van der Waals surface area contributed by atoms with Crippen molar-refractivity contribution in [2.24, 2.45) is 0 Å². The van der Waals surface area contributed by atoms with Gasteiger partial charge in [-0.05, 0) is 62.7 Å². The van der Waals surface area contributed by atoms with Crippen molar-refractivity contribution >= 4 is 28.5 Å². The average molecular weight is 454 g/mol. The highest BCUT2D eigenvalue weighted by molar-refractivity contribution is 6.21. The Hall–Kier alpha value is -4.40. The van der Waals surface area contributed by atoms with E-state index in [1.54, 1.807) is 54.2 Å². The molecule has 0 saturated carbocycles. The summed E-state index contributed by atoms with van der Waals surface area (Å²) in [6.07, 6.45) is 1.56. The highest BCUT2D eigenvalue weighted by Crippen LogP contribution is 2.33. The number of aromatic nitrogens is 5. The van der Waals surface area contributed by atoms with Gasteiger partial charge in [-0.25, -0.2) is 18.9 Å². The number of carbonyl (C=O) groups excluding carboxylic acids is 2. The maximum absolute atomic E-state index is 13.5. The second kappa shape index (κ2) is 7.05. The quantitative estimate of drug-likeness (QED) is 0.382. The van der Waals surface area contributed by atoms with Crippen LogP contribution in [0, 0.1) is 19.7 Å². The van der Waals surface area contributed by atoms with Gasteiger partial charge in [0.1, 0.15) is 12.1 Å². The van der Waals surface area contributed by atoms with Crippen molar-refractivity contribution in [3.63, 3.8) is 0 Å². The van der Waals surface area contributed by atoms with Gasteiger partial charge >= 0.3 is 0 Å². The molecule has 4 heterocycles. The number of hydrogen-bond donors (Lipinski definition) is 0. The Morgan fingerprint density at radius 1 is 0.912 bits per heavy atom. The Balaban J connectivity index is 1.48. The largest absolute Gasteiger partial charge is 0.298 e. The number of aryl methyl sites for hydroxylation is 1. The van der Waals surface area contributed by atoms with Gasteiger partial charge in [0.25, 0.3) is 11.8 Å². The maximum atomic E-state index is 13.5. The standard InChI is InChI=1S/C25H19FN6O2/c1-13-14(2)31(17-10-8-16(26)9-11-17)22-20(13)23-28-21(29-30(23)12-27-22)15(3)32-24(33)18-6-4-5-7-19(18)25(32)34/h4-12,15H,1-3H3. The van der Waals surface area contributed by atoms with Crippen molar-refractivity contribution in [1.82, 2.24) is 29.0 Å². The van der Waals surface area contributed by atoms with Crippen LogP contribution in [0.2, 0.25) is 0 Å². The van der Waals surface area contributed by atoms with Crippen molar-refractivity contribution in [2.45, 2.75) is 26.8 Å². The normalized spacial score (nSPS) is 14.4. The molecular formula is C25H19FN6O2. The second-order valence-corrected chi connectivity index (χ2v) is 8.41. The van der Waals surface area contributed by atoms with Crippen LogP contribution in [0.3, 0.4) is 0 Å². The summed E-state index contributed by atoms with van der Waals surface area (Å²) in [6.45, 7) is 5.68. The first-order valence-electron chi connectivity index (χ1n) is 10.8. The van der Waals surface area contributed by atoms with E-state index in [0.717, 1.165) is 22.3 Å². The molecule has 1 aliphatic heterocycles. The van der Waals surface area contributed by atoms with Gasteiger partial charge in [0.05, 0.1) is 22.6 Å². The van der Waals surface area contributed by atoms with Crippen molar-refractivity contribution in [3.05, 3.63) is 88.9 Å². The molecule has 8 nitrogen and oxygen atoms in total. The van der Waals surface area contributed by atoms with Gasteiger partial charge < -0.3 is 0 Å². The maximum Gasteiger partial charge on any atom is 0.262 e. The van der Waals surface area contributed by atoms with Crippen LogP contribution in [-0.4, -0.2) is 40.9 Å². The fraction of sp³-hybridized carbons (Fsp3) is 0.160. The summed E-state index contributed by atoms with van der Waals surface area (Å²) in [5.41, 5.74) is 4.70. The molecule has 0 spiro atoms. The van der Waals surface area contributed by atoms with Crippen molar-refractivity contribution < 1.29 is 14.0 Å². The van der Waals surface area contributed by atoms with Gasteiger partial charge in [0.2, 0.25) is 0 Å². The van der Waals surface area contributed by atoms with Crippen LogP contribution in [-0.2, 0) is 0 Å². The molecule has 0 N–H and O–H groups in total. The molecule has 1 aliphatic rings. The molecule has 0 saturated heterocycles. The number of benzene rings is 2. The monoisotopic (exact) mass is 454 g/mol. The summed E-state index contributed by atoms with van der Waals surface area (Å²) in [5.74, 6) is -0.681. The van der Waals surface area contributed by atoms with E-state index in [9.17, 15) is 14.0 Å². The molecule has 2 aromatic carbocycles. The summed E-state index contributed by atoms with van der Waals surface area (Å²) in [7, 11) is 0. The van der Waals surface area contributed by atoms with Crippen LogP contribution >= 0.6 is 0 Å². The third kappa shape index (κ3) is 2.67. The second-order valence-electron chi connectivity index (χ2n) is 8.41. The number of amides is 2. The van der Waals surface area contributed by atoms with Crippen LogP contribution in [0.15, 0.2) is 54.9 Å². The lowest BCUT2D eigenvalue weighted by Gasteiger charge is -2.19. The Morgan fingerprint density at radius 3 is 2.21 bits per heavy atom. The minimum Gasteiger partial charge on any atom is -0.298 e. The van der Waals surface area contributed by atoms with E-state index in [2.05, 4.69) is 10.1 Å². The molecule has 1 unspecified atom stereocenters. The van der Waals surface area contributed by atoms with Crippen LogP contribution in [0.4, 0.5) is 4.39 Å². The number of hydrogen-bond acceptors (Lipinski definition) is 5. The number of imide groups is 1. The average Bonchev–Trinajstić information content (AvgIpc) is 3.46. The first-order valence-corrected chi connectivity index (χ1v) is 10.8. The SMILES string of the molecule is Cc1c(C)n(-c2ccc(F)cc2)c2ncn3nc(C(C)N4C(=O)c5ccccc5C4=O)nc3c12. The molecule has 2 amide bonds. The van der Waals surface area contributed by atoms with E-state index in [1.165, 1.54) is 17.0 Å². The summed E-state index contributed by atoms with van der Waals surface area (Å²) in [6, 6.07) is 12.3. The zero-order valence-electron chi connectivity index (χ0n) is 18.7. The molecule has 0 bridgehead atoms. The first kappa shape index (κ1) is 20.2. The summed E-state index contributed by atoms with van der Waals surface area (Å²) in [4.78, 5) is 36.4. The molecule has 6 rings (SSSR count). The Bertz CT molecular complexity index is 1620. The Labute approximate surface area is 193 Å². The van der Waals surface area contributed by atoms with Crippen LogP contribution < -0.4 is 0 Å². The molecule has 9 heteroatoms. The highest BCUT2D eigenvalue weighted by atomic mass is 19.1. The summed E-state index contributed by atoms with van der Waals surface area (Å²) < 4.78 is 17.0. The van der Waals surface area contributed by atoms with E-state index < -0.39 is 6.04 Å². The van der Waals surface area contributed by atoms with Crippen molar-refractivity contribution in [1.29, 1.82) is 0 Å². The Morgan fingerprint density at radius 2 is 1.56 bits per heavy atom. The molecule has 0 aliphatic carbocycles. The molecule has 168 valence electrons. The third-order valence-corrected chi connectivity index (χ3v) is 6.52. The van der Waals surface area contributed by atoms with E-state index in [4.69, 9.17) is 4.98 Å². The lowest BCUT2D eigenvalue weighted by molar-refractivity contribution is 0.0589. The zero-order chi connectivity index (χ0) is 23.7. The number of nitrogens with zero attached hydrogens (tertiary/aromatic N) is 6.